The number of thioether (sulfide) groups is 1. The molecule has 4 aliphatic rings. The molecule has 4 fully saturated rings. The van der Waals surface area contributed by atoms with Gasteiger partial charge in [0.05, 0.1) is 66.1 Å². The number of benzene rings is 9. The van der Waals surface area contributed by atoms with Crippen LogP contribution in [-0.4, -0.2) is 116 Å². The van der Waals surface area contributed by atoms with E-state index in [9.17, 15) is 5.11 Å². The van der Waals surface area contributed by atoms with Crippen LogP contribution in [0.1, 0.15) is 50.8 Å². The highest BCUT2D eigenvalue weighted by molar-refractivity contribution is 7.99. The predicted octanol–water partition coefficient (Wildman–Crippen LogP) is 13.6. The van der Waals surface area contributed by atoms with E-state index in [-0.39, 0.29) is 59.5 Å². The summed E-state index contributed by atoms with van der Waals surface area (Å²) in [6.07, 6.45) is -14.1. The average Bonchev–Trinajstić information content (AvgIpc) is 0.790. The van der Waals surface area contributed by atoms with Crippen molar-refractivity contribution in [3.05, 3.63) is 317 Å². The minimum atomic E-state index is -1.28. The quantitative estimate of drug-likeness (QED) is 0.0454. The lowest BCUT2D eigenvalue weighted by molar-refractivity contribution is -0.402. The Morgan fingerprint density at radius 1 is 0.333 bits per heavy atom. The summed E-state index contributed by atoms with van der Waals surface area (Å²) in [6.45, 7) is 0.952. The number of aliphatic hydroxyl groups excluding tert-OH is 1. The van der Waals surface area contributed by atoms with Crippen LogP contribution in [0, 0.1) is 0 Å². The van der Waals surface area contributed by atoms with E-state index in [1.54, 1.807) is 0 Å². The predicted molar refractivity (Wildman–Crippen MR) is 361 cm³/mol. The van der Waals surface area contributed by atoms with E-state index >= 15 is 0 Å². The van der Waals surface area contributed by atoms with Crippen LogP contribution in [0.4, 0.5) is 0 Å². The van der Waals surface area contributed by atoms with E-state index in [1.807, 2.05) is 273 Å². The third-order valence-corrected chi connectivity index (χ3v) is 18.6. The molecular formula is C80H82O15S. The van der Waals surface area contributed by atoms with Crippen LogP contribution in [0.15, 0.2) is 278 Å². The Morgan fingerprint density at radius 3 is 1.14 bits per heavy atom. The molecule has 0 amide bonds. The van der Waals surface area contributed by atoms with Gasteiger partial charge in [-0.05, 0) is 51.1 Å². The number of hydrogen-bond acceptors (Lipinski definition) is 16. The molecule has 4 aliphatic heterocycles. The molecule has 4 heterocycles. The molecule has 0 spiro atoms. The largest absolute Gasteiger partial charge is 0.394 e. The molecule has 9 aromatic rings. The Kier molecular flexibility index (Phi) is 24.4. The smallest absolute Gasteiger partial charge is 0.187 e. The Balaban J connectivity index is 0.911. The summed E-state index contributed by atoms with van der Waals surface area (Å²) in [5.74, 6) is 0. The fraction of sp³-hybridized carbons (Fsp3) is 0.325. The lowest BCUT2D eigenvalue weighted by Crippen LogP contribution is -2.68. The number of hydrogen-bond donors (Lipinski definition) is 1. The van der Waals surface area contributed by atoms with E-state index in [2.05, 4.69) is 0 Å². The van der Waals surface area contributed by atoms with Crippen LogP contribution in [0.25, 0.3) is 0 Å². The van der Waals surface area contributed by atoms with Gasteiger partial charge >= 0.3 is 0 Å². The maximum atomic E-state index is 11.8. The van der Waals surface area contributed by atoms with Gasteiger partial charge in [0.1, 0.15) is 78.7 Å². The summed E-state index contributed by atoms with van der Waals surface area (Å²) in [5, 5.41) is 11.8. The molecule has 16 atom stereocenters. The first-order chi connectivity index (χ1) is 47.5. The van der Waals surface area contributed by atoms with Gasteiger partial charge in [-0.1, -0.05) is 273 Å². The summed E-state index contributed by atoms with van der Waals surface area (Å²) < 4.78 is 101. The van der Waals surface area contributed by atoms with Crippen LogP contribution in [0.5, 0.6) is 0 Å². The Labute approximate surface area is 566 Å². The van der Waals surface area contributed by atoms with Gasteiger partial charge in [-0.15, -0.1) is 0 Å². The lowest BCUT2D eigenvalue weighted by Gasteiger charge is -2.52. The Morgan fingerprint density at radius 2 is 0.688 bits per heavy atom. The highest BCUT2D eigenvalue weighted by Crippen LogP contribution is 2.43. The van der Waals surface area contributed by atoms with Gasteiger partial charge in [-0.25, -0.2) is 0 Å². The van der Waals surface area contributed by atoms with E-state index in [0.717, 1.165) is 49.4 Å². The van der Waals surface area contributed by atoms with Crippen molar-refractivity contribution >= 4 is 11.8 Å². The van der Waals surface area contributed by atoms with Gasteiger partial charge in [0.2, 0.25) is 0 Å². The van der Waals surface area contributed by atoms with Gasteiger partial charge in [0.25, 0.3) is 0 Å². The summed E-state index contributed by atoms with van der Waals surface area (Å²) >= 11 is 1.50. The molecule has 0 unspecified atom stereocenters. The second-order valence-electron chi connectivity index (χ2n) is 24.2. The van der Waals surface area contributed by atoms with Crippen LogP contribution in [-0.2, 0) is 113 Å². The molecule has 0 saturated carbocycles. The Hall–Kier alpha value is -7.27. The third-order valence-electron chi connectivity index (χ3n) is 17.4. The number of aliphatic hydroxyl groups is 1. The number of fused-ring (bicyclic) bond motifs is 1. The lowest BCUT2D eigenvalue weighted by atomic mass is 9.94. The first-order valence-electron chi connectivity index (χ1n) is 33.0. The second-order valence-corrected chi connectivity index (χ2v) is 25.4. The molecule has 4 saturated heterocycles. The monoisotopic (exact) mass is 1310 g/mol. The van der Waals surface area contributed by atoms with Gasteiger partial charge < -0.3 is 71.4 Å². The van der Waals surface area contributed by atoms with Gasteiger partial charge in [-0.2, -0.15) is 0 Å². The molecule has 0 aliphatic carbocycles. The fourth-order valence-electron chi connectivity index (χ4n) is 12.5. The molecule has 9 aromatic carbocycles. The second kappa shape index (κ2) is 34.8. The molecule has 16 heteroatoms. The number of rotatable bonds is 30. The normalized spacial score (nSPS) is 27.3. The molecule has 0 radical (unpaired) electrons. The minimum Gasteiger partial charge on any atom is -0.394 e. The summed E-state index contributed by atoms with van der Waals surface area (Å²) in [4.78, 5) is 0.945. The molecular weight excluding hydrogens is 1230 g/mol. The first kappa shape index (κ1) is 67.3. The van der Waals surface area contributed by atoms with E-state index < -0.39 is 104 Å². The minimum absolute atomic E-state index is 0.0274. The highest BCUT2D eigenvalue weighted by Gasteiger charge is 2.58. The van der Waals surface area contributed by atoms with Crippen LogP contribution >= 0.6 is 11.8 Å². The molecule has 96 heavy (non-hydrogen) atoms. The molecule has 498 valence electrons. The summed E-state index contributed by atoms with van der Waals surface area (Å²) in [7, 11) is 0. The first-order valence-corrected chi connectivity index (χ1v) is 33.9. The average molecular weight is 1320 g/mol. The standard InChI is InChI=1S/C80H82O15S/c81-46-65-68(73(85-50-59-34-16-4-17-35-59)76(88-53-62-40-22-7-23-41-62)80(92-65)96-64-44-26-9-27-45-64)94-78-74(86-51-60-36-18-5-19-37-60)71(83-48-57-30-12-2-13-31-57)69(66(90-78)54-82-47-56-28-10-1-11-29-56)95-79-75(87-52-61-38-20-6-21-39-61)72(84-49-58-32-14-3-15-33-58)70-67(91-79)55-89-77(93-70)63-42-24-8-25-43-63/h1-45,65-81H,46-55H2/t65-,66-,67-,68-,69-,70-,71+,72+,73+,74-,75-,76-,77-,78-,79-,80+/m1/s1. The van der Waals surface area contributed by atoms with E-state index in [4.69, 9.17) is 66.3 Å². The molecule has 0 aromatic heterocycles. The zero-order valence-corrected chi connectivity index (χ0v) is 54.2. The highest BCUT2D eigenvalue weighted by atomic mass is 32.2. The zero-order chi connectivity index (χ0) is 64.9. The molecule has 13 rings (SSSR count). The summed E-state index contributed by atoms with van der Waals surface area (Å²) in [6, 6.07) is 89.7. The van der Waals surface area contributed by atoms with Gasteiger partial charge in [-0.3, -0.25) is 0 Å². The topological polar surface area (TPSA) is 149 Å². The fourth-order valence-corrected chi connectivity index (χ4v) is 13.7. The van der Waals surface area contributed by atoms with Crippen LogP contribution in [0.3, 0.4) is 0 Å². The third kappa shape index (κ3) is 18.1. The Bertz CT molecular complexity index is 3640. The van der Waals surface area contributed by atoms with Crippen molar-refractivity contribution in [2.24, 2.45) is 0 Å². The van der Waals surface area contributed by atoms with Crippen molar-refractivity contribution in [3.63, 3.8) is 0 Å². The van der Waals surface area contributed by atoms with Crippen molar-refractivity contribution in [1.82, 2.24) is 0 Å². The molecule has 1 N–H and O–H groups in total. The van der Waals surface area contributed by atoms with Crippen LogP contribution < -0.4 is 0 Å². The number of ether oxygens (including phenoxy) is 14. The SMILES string of the molecule is OC[C@H]1O[C@@H](Sc2ccccc2)[C@H](OCc2ccccc2)[C@@H](OCc2ccccc2)[C@@H]1O[C@H]1O[C@H](COCc2ccccc2)[C@@H](O[C@H]2O[C@@H]3CO[C@@H](c4ccccc4)O[C@H]3[C@H](OCc3ccccc3)[C@H]2OCc2ccccc2)[C@H](OCc2ccccc2)[C@H]1OCc1ccccc1. The molecule has 15 nitrogen and oxygen atoms in total. The summed E-state index contributed by atoms with van der Waals surface area (Å²) in [5.41, 5.74) is 6.68. The van der Waals surface area contributed by atoms with Crippen LogP contribution in [0.2, 0.25) is 0 Å². The maximum absolute atomic E-state index is 11.8. The van der Waals surface area contributed by atoms with Gasteiger partial charge in [0, 0.05) is 10.5 Å². The van der Waals surface area contributed by atoms with Crippen molar-refractivity contribution in [3.8, 4) is 0 Å². The van der Waals surface area contributed by atoms with E-state index in [1.165, 1.54) is 11.8 Å². The van der Waals surface area contributed by atoms with Crippen molar-refractivity contribution in [2.75, 3.05) is 19.8 Å². The zero-order valence-electron chi connectivity index (χ0n) is 53.4. The van der Waals surface area contributed by atoms with Crippen molar-refractivity contribution in [2.45, 2.75) is 149 Å². The van der Waals surface area contributed by atoms with Crippen molar-refractivity contribution in [1.29, 1.82) is 0 Å². The maximum Gasteiger partial charge on any atom is 0.187 e. The van der Waals surface area contributed by atoms with E-state index in [0.29, 0.717) is 0 Å². The van der Waals surface area contributed by atoms with Crippen molar-refractivity contribution < 1.29 is 71.4 Å². The van der Waals surface area contributed by atoms with Gasteiger partial charge in [0.15, 0.2) is 18.9 Å². The molecule has 0 bridgehead atoms.